The maximum atomic E-state index is 11.4. The van der Waals surface area contributed by atoms with E-state index < -0.39 is 0 Å². The Bertz CT molecular complexity index is 584. The second-order valence-corrected chi connectivity index (χ2v) is 9.84. The first-order chi connectivity index (χ1) is 13.1. The lowest BCUT2D eigenvalue weighted by Crippen LogP contribution is -2.29. The molecule has 4 nitrogen and oxygen atoms in total. The Labute approximate surface area is 171 Å². The third-order valence-electron chi connectivity index (χ3n) is 5.65. The van der Waals surface area contributed by atoms with Crippen LogP contribution in [0.2, 0.25) is 0 Å². The molecule has 0 aromatic heterocycles. The standard InChI is InChI=1S/C21H31NO3S2/c1-22(24)21(23)9-5-6-13-26-15-18-17(19-10-11-20(18)25-19)12-14-27-16-7-3-2-4-8-16/h2-4,7-8,17-20,24H,5-6,9-15H2,1H3. The molecule has 1 N–H and O–H groups in total. The Kier molecular flexibility index (Phi) is 8.37. The molecular formula is C21H31NO3S2. The second kappa shape index (κ2) is 10.7. The number of amides is 1. The predicted octanol–water partition coefficient (Wildman–Crippen LogP) is 4.71. The quantitative estimate of drug-likeness (QED) is 0.248. The van der Waals surface area contributed by atoms with Crippen molar-refractivity contribution in [2.75, 3.05) is 24.3 Å². The van der Waals surface area contributed by atoms with E-state index in [0.717, 1.165) is 18.6 Å². The molecule has 1 amide bonds. The van der Waals surface area contributed by atoms with E-state index in [2.05, 4.69) is 30.3 Å². The summed E-state index contributed by atoms with van der Waals surface area (Å²) in [6, 6.07) is 10.7. The average Bonchev–Trinajstić information content (AvgIpc) is 3.27. The summed E-state index contributed by atoms with van der Waals surface area (Å²) < 4.78 is 6.24. The fraction of sp³-hybridized carbons (Fsp3) is 0.667. The van der Waals surface area contributed by atoms with Gasteiger partial charge in [0.15, 0.2) is 0 Å². The number of benzene rings is 1. The number of fused-ring (bicyclic) bond motifs is 2. The summed E-state index contributed by atoms with van der Waals surface area (Å²) in [7, 11) is 1.39. The lowest BCUT2D eigenvalue weighted by Gasteiger charge is -2.27. The smallest absolute Gasteiger partial charge is 0.245 e. The van der Waals surface area contributed by atoms with Crippen LogP contribution in [-0.2, 0) is 9.53 Å². The van der Waals surface area contributed by atoms with Gasteiger partial charge in [-0.05, 0) is 73.3 Å². The minimum atomic E-state index is -0.197. The highest BCUT2D eigenvalue weighted by molar-refractivity contribution is 7.99. The average molecular weight is 410 g/mol. The van der Waals surface area contributed by atoms with Crippen LogP contribution < -0.4 is 0 Å². The van der Waals surface area contributed by atoms with E-state index in [1.807, 2.05) is 23.5 Å². The number of ether oxygens (including phenoxy) is 1. The number of unbranched alkanes of at least 4 members (excludes halogenated alkanes) is 1. The topological polar surface area (TPSA) is 49.8 Å². The zero-order valence-electron chi connectivity index (χ0n) is 16.1. The molecule has 0 spiro atoms. The van der Waals surface area contributed by atoms with Crippen molar-refractivity contribution in [3.05, 3.63) is 30.3 Å². The van der Waals surface area contributed by atoms with E-state index in [9.17, 15) is 4.79 Å². The fourth-order valence-corrected chi connectivity index (χ4v) is 6.48. The van der Waals surface area contributed by atoms with Crippen LogP contribution in [0.1, 0.15) is 38.5 Å². The number of hydroxylamine groups is 2. The molecule has 4 atom stereocenters. The molecule has 3 rings (SSSR count). The van der Waals surface area contributed by atoms with Gasteiger partial charge >= 0.3 is 0 Å². The maximum Gasteiger partial charge on any atom is 0.245 e. The summed E-state index contributed by atoms with van der Waals surface area (Å²) in [4.78, 5) is 12.7. The molecule has 6 heteroatoms. The van der Waals surface area contributed by atoms with Gasteiger partial charge in [0.2, 0.25) is 5.91 Å². The van der Waals surface area contributed by atoms with Gasteiger partial charge < -0.3 is 4.74 Å². The maximum absolute atomic E-state index is 11.4. The number of hydrogen-bond acceptors (Lipinski definition) is 5. The number of carbonyl (C=O) groups excluding carboxylic acids is 1. The molecule has 27 heavy (non-hydrogen) atoms. The zero-order valence-corrected chi connectivity index (χ0v) is 17.7. The molecule has 4 unspecified atom stereocenters. The van der Waals surface area contributed by atoms with Gasteiger partial charge in [0.05, 0.1) is 12.2 Å². The molecule has 2 aliphatic rings. The fourth-order valence-electron chi connectivity index (χ4n) is 4.19. The number of nitrogens with zero attached hydrogens (tertiary/aromatic N) is 1. The van der Waals surface area contributed by atoms with Crippen LogP contribution >= 0.6 is 23.5 Å². The first-order valence-electron chi connectivity index (χ1n) is 10.0. The van der Waals surface area contributed by atoms with Crippen molar-refractivity contribution >= 4 is 29.4 Å². The first kappa shape index (κ1) is 21.0. The van der Waals surface area contributed by atoms with E-state index in [-0.39, 0.29) is 5.91 Å². The van der Waals surface area contributed by atoms with Crippen LogP contribution in [0.4, 0.5) is 0 Å². The number of rotatable bonds is 11. The largest absolute Gasteiger partial charge is 0.374 e. The number of thioether (sulfide) groups is 2. The van der Waals surface area contributed by atoms with Gasteiger partial charge in [-0.2, -0.15) is 11.8 Å². The molecule has 2 aliphatic heterocycles. The van der Waals surface area contributed by atoms with E-state index in [1.165, 1.54) is 42.7 Å². The molecule has 0 radical (unpaired) electrons. The molecule has 2 bridgehead atoms. The molecule has 1 aromatic carbocycles. The summed E-state index contributed by atoms with van der Waals surface area (Å²) in [5.41, 5.74) is 0. The van der Waals surface area contributed by atoms with Crippen molar-refractivity contribution in [2.24, 2.45) is 11.8 Å². The number of hydrogen-bond donors (Lipinski definition) is 1. The van der Waals surface area contributed by atoms with Gasteiger partial charge in [0, 0.05) is 18.4 Å². The summed E-state index contributed by atoms with van der Waals surface area (Å²) in [6.45, 7) is 0. The Hall–Kier alpha value is -0.690. The SMILES string of the molecule is CN(O)C(=O)CCCCSCC1C2CCC(O2)C1CCSc1ccccc1. The second-order valence-electron chi connectivity index (χ2n) is 7.52. The Balaban J connectivity index is 1.35. The molecule has 2 saturated heterocycles. The molecule has 1 aromatic rings. The Morgan fingerprint density at radius 1 is 1.15 bits per heavy atom. The van der Waals surface area contributed by atoms with Gasteiger partial charge in [-0.1, -0.05) is 18.2 Å². The summed E-state index contributed by atoms with van der Waals surface area (Å²) in [5, 5.41) is 9.76. The van der Waals surface area contributed by atoms with Crippen LogP contribution in [0.3, 0.4) is 0 Å². The highest BCUT2D eigenvalue weighted by atomic mass is 32.2. The van der Waals surface area contributed by atoms with Crippen LogP contribution in [-0.4, -0.2) is 52.7 Å². The van der Waals surface area contributed by atoms with Crippen LogP contribution in [0.15, 0.2) is 35.2 Å². The molecule has 150 valence electrons. The van der Waals surface area contributed by atoms with E-state index in [0.29, 0.717) is 35.5 Å². The minimum absolute atomic E-state index is 0.197. The van der Waals surface area contributed by atoms with Crippen LogP contribution in [0.5, 0.6) is 0 Å². The van der Waals surface area contributed by atoms with Crippen molar-refractivity contribution in [1.82, 2.24) is 5.06 Å². The van der Waals surface area contributed by atoms with Gasteiger partial charge in [-0.25, -0.2) is 5.06 Å². The van der Waals surface area contributed by atoms with Crippen LogP contribution in [0, 0.1) is 11.8 Å². The van der Waals surface area contributed by atoms with Crippen molar-refractivity contribution in [3.63, 3.8) is 0 Å². The van der Waals surface area contributed by atoms with Crippen molar-refractivity contribution in [2.45, 2.75) is 55.6 Å². The summed E-state index contributed by atoms with van der Waals surface area (Å²) in [5.74, 6) is 4.63. The predicted molar refractivity (Wildman–Crippen MR) is 112 cm³/mol. The van der Waals surface area contributed by atoms with Gasteiger partial charge in [0.1, 0.15) is 0 Å². The molecule has 0 aliphatic carbocycles. The van der Waals surface area contributed by atoms with Crippen molar-refractivity contribution in [3.8, 4) is 0 Å². The van der Waals surface area contributed by atoms with Crippen molar-refractivity contribution in [1.29, 1.82) is 0 Å². The Morgan fingerprint density at radius 3 is 2.63 bits per heavy atom. The molecule has 2 heterocycles. The highest BCUT2D eigenvalue weighted by Crippen LogP contribution is 2.46. The normalized spacial score (nSPS) is 26.4. The lowest BCUT2D eigenvalue weighted by molar-refractivity contribution is -0.159. The molecule has 2 fully saturated rings. The third-order valence-corrected chi connectivity index (χ3v) is 7.90. The van der Waals surface area contributed by atoms with E-state index in [4.69, 9.17) is 9.94 Å². The summed E-state index contributed by atoms with van der Waals surface area (Å²) in [6.07, 6.45) is 6.97. The third kappa shape index (κ3) is 6.14. The first-order valence-corrected chi connectivity index (χ1v) is 12.2. The lowest BCUT2D eigenvalue weighted by atomic mass is 9.79. The monoisotopic (exact) mass is 409 g/mol. The van der Waals surface area contributed by atoms with E-state index in [1.54, 1.807) is 0 Å². The highest BCUT2D eigenvalue weighted by Gasteiger charge is 2.47. The molecule has 0 saturated carbocycles. The number of carbonyl (C=O) groups is 1. The van der Waals surface area contributed by atoms with Crippen molar-refractivity contribution < 1.29 is 14.7 Å². The zero-order chi connectivity index (χ0) is 19.1. The molecular weight excluding hydrogens is 378 g/mol. The van der Waals surface area contributed by atoms with Gasteiger partial charge in [-0.15, -0.1) is 11.8 Å². The Morgan fingerprint density at radius 2 is 1.89 bits per heavy atom. The summed E-state index contributed by atoms with van der Waals surface area (Å²) >= 11 is 3.97. The van der Waals surface area contributed by atoms with Gasteiger partial charge in [0.25, 0.3) is 0 Å². The van der Waals surface area contributed by atoms with Crippen LogP contribution in [0.25, 0.3) is 0 Å². The van der Waals surface area contributed by atoms with Gasteiger partial charge in [-0.3, -0.25) is 10.0 Å². The van der Waals surface area contributed by atoms with E-state index >= 15 is 0 Å². The minimum Gasteiger partial charge on any atom is -0.374 e.